The summed E-state index contributed by atoms with van der Waals surface area (Å²) in [5.74, 6) is 0.974. The van der Waals surface area contributed by atoms with E-state index in [4.69, 9.17) is 4.74 Å². The van der Waals surface area contributed by atoms with E-state index in [1.165, 1.54) is 11.7 Å². The summed E-state index contributed by atoms with van der Waals surface area (Å²) in [4.78, 5) is 53.5. The maximum atomic E-state index is 13.4. The number of hydrogen-bond acceptors (Lipinski definition) is 8. The van der Waals surface area contributed by atoms with Crippen LogP contribution in [0.25, 0.3) is 22.1 Å². The first-order chi connectivity index (χ1) is 15.9. The number of para-hydroxylation sites is 1. The number of aryl methyl sites for hydroxylation is 2. The molecule has 1 aliphatic heterocycles. The second-order valence-electron chi connectivity index (χ2n) is 7.81. The van der Waals surface area contributed by atoms with Gasteiger partial charge in [0.05, 0.1) is 31.1 Å². The van der Waals surface area contributed by atoms with Crippen molar-refractivity contribution in [2.24, 2.45) is 14.1 Å². The summed E-state index contributed by atoms with van der Waals surface area (Å²) < 4.78 is 9.41. The molecule has 170 valence electrons. The summed E-state index contributed by atoms with van der Waals surface area (Å²) in [6, 6.07) is 7.35. The van der Waals surface area contributed by atoms with Crippen LogP contribution in [0.2, 0.25) is 0 Å². The predicted molar refractivity (Wildman–Crippen MR) is 121 cm³/mol. The molecule has 1 fully saturated rings. The Kier molecular flexibility index (Phi) is 4.84. The van der Waals surface area contributed by atoms with Crippen LogP contribution in [0.5, 0.6) is 5.88 Å². The van der Waals surface area contributed by atoms with Gasteiger partial charge in [-0.3, -0.25) is 18.7 Å². The molecule has 0 unspecified atom stereocenters. The van der Waals surface area contributed by atoms with Gasteiger partial charge in [-0.05, 0) is 12.1 Å². The Bertz CT molecular complexity index is 1530. The van der Waals surface area contributed by atoms with Crippen molar-refractivity contribution in [3.8, 4) is 5.88 Å². The minimum Gasteiger partial charge on any atom is -0.480 e. The number of carbonyl (C=O) groups is 1. The second kappa shape index (κ2) is 7.73. The molecule has 33 heavy (non-hydrogen) atoms. The minimum absolute atomic E-state index is 0.123. The maximum absolute atomic E-state index is 13.4. The fraction of sp³-hybridized carbons (Fsp3) is 0.333. The highest BCUT2D eigenvalue weighted by molar-refractivity contribution is 5.84. The number of fused-ring (bicyclic) bond motifs is 2. The average Bonchev–Trinajstić information content (AvgIpc) is 3.17. The summed E-state index contributed by atoms with van der Waals surface area (Å²) in [7, 11) is 4.76. The van der Waals surface area contributed by atoms with Gasteiger partial charge in [-0.25, -0.2) is 9.78 Å². The summed E-state index contributed by atoms with van der Waals surface area (Å²) >= 11 is 0. The normalized spacial score (nSPS) is 14.2. The summed E-state index contributed by atoms with van der Waals surface area (Å²) in [5.41, 5.74) is 0.111. The fourth-order valence-electron chi connectivity index (χ4n) is 4.12. The number of rotatable bonds is 4. The second-order valence-corrected chi connectivity index (χ2v) is 7.81. The lowest BCUT2D eigenvalue weighted by molar-refractivity contribution is -0.120. The van der Waals surface area contributed by atoms with Crippen molar-refractivity contribution in [2.75, 3.05) is 31.6 Å². The molecule has 4 heterocycles. The van der Waals surface area contributed by atoms with Gasteiger partial charge in [-0.1, -0.05) is 12.1 Å². The minimum atomic E-state index is -0.538. The van der Waals surface area contributed by atoms with Crippen LogP contribution in [-0.4, -0.2) is 61.3 Å². The number of carbonyl (C=O) groups excluding carboxylic acids is 1. The van der Waals surface area contributed by atoms with Gasteiger partial charge in [0.15, 0.2) is 17.0 Å². The van der Waals surface area contributed by atoms with E-state index in [1.807, 2.05) is 24.3 Å². The summed E-state index contributed by atoms with van der Waals surface area (Å²) in [5, 5.41) is 3.50. The lowest BCUT2D eigenvalue weighted by Crippen LogP contribution is -2.48. The molecule has 12 nitrogen and oxygen atoms in total. The van der Waals surface area contributed by atoms with Gasteiger partial charge in [0.2, 0.25) is 17.7 Å². The first-order valence-corrected chi connectivity index (χ1v) is 10.4. The quantitative estimate of drug-likeness (QED) is 0.435. The number of amides is 1. The number of nitrogens with zero attached hydrogens (tertiary/aromatic N) is 7. The highest BCUT2D eigenvalue weighted by atomic mass is 16.5. The first kappa shape index (κ1) is 20.7. The Morgan fingerprint density at radius 1 is 1.06 bits per heavy atom. The molecule has 0 radical (unpaired) electrons. The molecular weight excluding hydrogens is 428 g/mol. The molecule has 3 aromatic heterocycles. The maximum Gasteiger partial charge on any atom is 0.332 e. The number of anilines is 1. The number of piperazine rings is 1. The zero-order chi connectivity index (χ0) is 23.3. The number of benzene rings is 1. The monoisotopic (exact) mass is 450 g/mol. The smallest absolute Gasteiger partial charge is 0.332 e. The van der Waals surface area contributed by atoms with Crippen LogP contribution in [0, 0.1) is 0 Å². The van der Waals surface area contributed by atoms with Crippen molar-refractivity contribution in [2.45, 2.75) is 6.54 Å². The van der Waals surface area contributed by atoms with E-state index in [0.717, 1.165) is 9.95 Å². The fourth-order valence-corrected chi connectivity index (χ4v) is 4.12. The lowest BCUT2D eigenvalue weighted by Gasteiger charge is -2.27. The van der Waals surface area contributed by atoms with Crippen LogP contribution in [-0.2, 0) is 25.4 Å². The van der Waals surface area contributed by atoms with Gasteiger partial charge in [0, 0.05) is 27.2 Å². The van der Waals surface area contributed by atoms with Crippen molar-refractivity contribution in [3.05, 3.63) is 50.9 Å². The summed E-state index contributed by atoms with van der Waals surface area (Å²) in [6.07, 6.45) is 0. The van der Waals surface area contributed by atoms with Crippen molar-refractivity contribution < 1.29 is 9.53 Å². The van der Waals surface area contributed by atoms with E-state index in [0.29, 0.717) is 30.4 Å². The highest BCUT2D eigenvalue weighted by Crippen LogP contribution is 2.22. The number of nitrogens with one attached hydrogen (secondary N) is 1. The molecule has 1 aromatic carbocycles. The molecule has 1 aliphatic rings. The molecule has 0 bridgehead atoms. The zero-order valence-corrected chi connectivity index (χ0v) is 18.4. The van der Waals surface area contributed by atoms with Crippen molar-refractivity contribution in [1.29, 1.82) is 0 Å². The molecule has 1 amide bonds. The van der Waals surface area contributed by atoms with E-state index in [9.17, 15) is 14.4 Å². The van der Waals surface area contributed by atoms with Gasteiger partial charge in [0.25, 0.3) is 5.56 Å². The van der Waals surface area contributed by atoms with Crippen LogP contribution in [0.1, 0.15) is 5.82 Å². The predicted octanol–water partition coefficient (Wildman–Crippen LogP) is -0.630. The molecule has 12 heteroatoms. The van der Waals surface area contributed by atoms with Crippen LogP contribution < -0.4 is 26.2 Å². The third-order valence-corrected chi connectivity index (χ3v) is 5.77. The van der Waals surface area contributed by atoms with Crippen LogP contribution >= 0.6 is 0 Å². The zero-order valence-electron chi connectivity index (χ0n) is 18.4. The molecule has 0 spiro atoms. The van der Waals surface area contributed by atoms with Crippen LogP contribution in [0.4, 0.5) is 5.95 Å². The number of aromatic nitrogens is 6. The van der Waals surface area contributed by atoms with Gasteiger partial charge in [-0.15, -0.1) is 0 Å². The number of imidazole rings is 1. The largest absolute Gasteiger partial charge is 0.480 e. The van der Waals surface area contributed by atoms with Gasteiger partial charge >= 0.3 is 5.69 Å². The molecule has 5 rings (SSSR count). The van der Waals surface area contributed by atoms with Gasteiger partial charge in [-0.2, -0.15) is 9.97 Å². The van der Waals surface area contributed by atoms with Crippen LogP contribution in [0.3, 0.4) is 0 Å². The molecule has 0 saturated carbocycles. The Morgan fingerprint density at radius 3 is 2.61 bits per heavy atom. The first-order valence-electron chi connectivity index (χ1n) is 10.4. The Labute approximate surface area is 187 Å². The Morgan fingerprint density at radius 2 is 1.85 bits per heavy atom. The lowest BCUT2D eigenvalue weighted by atomic mass is 10.2. The van der Waals surface area contributed by atoms with E-state index < -0.39 is 11.2 Å². The summed E-state index contributed by atoms with van der Waals surface area (Å²) in [6.45, 7) is 1.03. The Hall–Kier alpha value is -4.22. The molecule has 4 aromatic rings. The van der Waals surface area contributed by atoms with Crippen molar-refractivity contribution in [1.82, 2.24) is 34.0 Å². The van der Waals surface area contributed by atoms with E-state index in [1.54, 1.807) is 23.6 Å². The topological polar surface area (TPSA) is 129 Å². The molecule has 1 N–H and O–H groups in total. The van der Waals surface area contributed by atoms with Crippen LogP contribution in [0.15, 0.2) is 33.9 Å². The third-order valence-electron chi connectivity index (χ3n) is 5.77. The standard InChI is InChI=1S/C21H22N8O4/c1-26-16-17(25-20(26)28-9-8-22-15(30)11-28)27(2)21(32)29(19(16)31)10-14-23-13-7-5-4-6-12(13)18(24-14)33-3/h4-7H,8-11H2,1-3H3,(H,22,30). The van der Waals surface area contributed by atoms with Gasteiger partial charge < -0.3 is 19.5 Å². The van der Waals surface area contributed by atoms with Gasteiger partial charge in [0.1, 0.15) is 0 Å². The van der Waals surface area contributed by atoms with Crippen molar-refractivity contribution in [3.63, 3.8) is 0 Å². The van der Waals surface area contributed by atoms with E-state index >= 15 is 0 Å². The van der Waals surface area contributed by atoms with E-state index in [2.05, 4.69) is 20.3 Å². The Balaban J connectivity index is 1.65. The number of ether oxygens (including phenoxy) is 1. The average molecular weight is 450 g/mol. The number of methoxy groups -OCH3 is 1. The molecule has 1 saturated heterocycles. The van der Waals surface area contributed by atoms with E-state index in [-0.39, 0.29) is 36.0 Å². The molecule has 0 aliphatic carbocycles. The SMILES string of the molecule is COc1nc(Cn2c(=O)c3c(nc(N4CCNC(=O)C4)n3C)n(C)c2=O)nc2ccccc12. The number of hydrogen-bond donors (Lipinski definition) is 1. The highest BCUT2D eigenvalue weighted by Gasteiger charge is 2.25. The van der Waals surface area contributed by atoms with Crippen molar-refractivity contribution >= 4 is 33.9 Å². The third kappa shape index (κ3) is 3.30. The molecular formula is C21H22N8O4. The molecule has 0 atom stereocenters.